The average molecular weight is 442 g/mol. The Morgan fingerprint density at radius 1 is 1.10 bits per heavy atom. The third kappa shape index (κ3) is 4.46. The number of nitro benzene ring substituents is 1. The normalized spacial score (nSPS) is 14.0. The summed E-state index contributed by atoms with van der Waals surface area (Å²) >= 11 is 5.93. The zero-order chi connectivity index (χ0) is 22.0. The first kappa shape index (κ1) is 20.7. The molecule has 0 saturated carbocycles. The zero-order valence-electron chi connectivity index (χ0n) is 16.5. The number of piperazine rings is 1. The minimum absolute atomic E-state index is 0.105. The molecule has 1 aliphatic heterocycles. The molecule has 0 unspecified atom stereocenters. The van der Waals surface area contributed by atoms with Crippen molar-refractivity contribution in [1.82, 2.24) is 15.2 Å². The molecule has 2 amide bonds. The van der Waals surface area contributed by atoms with Crippen LogP contribution in [-0.2, 0) is 4.79 Å². The monoisotopic (exact) mass is 441 g/mol. The number of anilines is 1. The van der Waals surface area contributed by atoms with Crippen LogP contribution in [0.3, 0.4) is 0 Å². The molecule has 1 fully saturated rings. The third-order valence-electron chi connectivity index (χ3n) is 5.30. The van der Waals surface area contributed by atoms with Crippen LogP contribution in [0.2, 0.25) is 5.02 Å². The molecule has 3 aromatic rings. The van der Waals surface area contributed by atoms with Gasteiger partial charge in [-0.2, -0.15) is 0 Å². The largest absolute Gasteiger partial charge is 0.368 e. The maximum absolute atomic E-state index is 12.5. The fourth-order valence-electron chi connectivity index (χ4n) is 3.64. The van der Waals surface area contributed by atoms with Gasteiger partial charge < -0.3 is 20.1 Å². The predicted octanol–water partition coefficient (Wildman–Crippen LogP) is 2.81. The van der Waals surface area contributed by atoms with Gasteiger partial charge in [0.15, 0.2) is 0 Å². The summed E-state index contributed by atoms with van der Waals surface area (Å²) in [5.74, 6) is -0.662. The summed E-state index contributed by atoms with van der Waals surface area (Å²) in [6.45, 7) is 2.34. The van der Waals surface area contributed by atoms with Gasteiger partial charge in [0.1, 0.15) is 11.2 Å². The topological polar surface area (TPSA) is 112 Å². The molecule has 31 heavy (non-hydrogen) atoms. The molecule has 1 aliphatic rings. The average Bonchev–Trinajstić information content (AvgIpc) is 3.22. The van der Waals surface area contributed by atoms with E-state index < -0.39 is 10.8 Å². The second-order valence-electron chi connectivity index (χ2n) is 7.21. The van der Waals surface area contributed by atoms with Gasteiger partial charge in [-0.15, -0.1) is 0 Å². The van der Waals surface area contributed by atoms with Crippen molar-refractivity contribution in [1.29, 1.82) is 0 Å². The molecule has 0 bridgehead atoms. The lowest BCUT2D eigenvalue weighted by Crippen LogP contribution is -2.51. The van der Waals surface area contributed by atoms with Crippen LogP contribution in [0.15, 0.2) is 48.5 Å². The number of nitro groups is 1. The van der Waals surface area contributed by atoms with Crippen molar-refractivity contribution in [3.63, 3.8) is 0 Å². The molecule has 4 rings (SSSR count). The Balaban J connectivity index is 1.32. The van der Waals surface area contributed by atoms with Gasteiger partial charge in [-0.1, -0.05) is 23.7 Å². The van der Waals surface area contributed by atoms with E-state index >= 15 is 0 Å². The van der Waals surface area contributed by atoms with Crippen LogP contribution < -0.4 is 10.2 Å². The Labute approximate surface area is 182 Å². The van der Waals surface area contributed by atoms with Crippen LogP contribution in [0.25, 0.3) is 10.9 Å². The van der Waals surface area contributed by atoms with Crippen LogP contribution in [0, 0.1) is 10.1 Å². The standard InChI is InChI=1S/C21H20ClN5O4/c22-15-4-6-16(7-5-15)25-8-10-26(11-9-25)19(28)13-23-21(29)17-12-14-2-1-3-18(27(30)31)20(14)24-17/h1-7,12,24H,8-11,13H2,(H,23,29). The molecule has 2 N–H and O–H groups in total. The maximum atomic E-state index is 12.5. The van der Waals surface area contributed by atoms with Gasteiger partial charge in [-0.3, -0.25) is 19.7 Å². The van der Waals surface area contributed by atoms with E-state index in [0.717, 1.165) is 5.69 Å². The molecule has 0 aliphatic carbocycles. The molecule has 1 saturated heterocycles. The van der Waals surface area contributed by atoms with E-state index in [2.05, 4.69) is 15.2 Å². The molecule has 10 heteroatoms. The van der Waals surface area contributed by atoms with Crippen molar-refractivity contribution >= 4 is 45.7 Å². The van der Waals surface area contributed by atoms with Crippen molar-refractivity contribution < 1.29 is 14.5 Å². The fourth-order valence-corrected chi connectivity index (χ4v) is 3.77. The minimum Gasteiger partial charge on any atom is -0.368 e. The highest BCUT2D eigenvalue weighted by Gasteiger charge is 2.22. The number of aromatic amines is 1. The second-order valence-corrected chi connectivity index (χ2v) is 7.64. The summed E-state index contributed by atoms with van der Waals surface area (Å²) in [5, 5.41) is 15.0. The first-order chi connectivity index (χ1) is 14.9. The van der Waals surface area contributed by atoms with Crippen LogP contribution in [0.5, 0.6) is 0 Å². The number of para-hydroxylation sites is 1. The van der Waals surface area contributed by atoms with Gasteiger partial charge in [0.25, 0.3) is 11.6 Å². The molecule has 160 valence electrons. The predicted molar refractivity (Wildman–Crippen MR) is 118 cm³/mol. The highest BCUT2D eigenvalue weighted by molar-refractivity contribution is 6.30. The van der Waals surface area contributed by atoms with Gasteiger partial charge >= 0.3 is 0 Å². The molecule has 0 spiro atoms. The van der Waals surface area contributed by atoms with Gasteiger partial charge in [-0.25, -0.2) is 0 Å². The number of hydrogen-bond acceptors (Lipinski definition) is 5. The number of carbonyl (C=O) groups excluding carboxylic acids is 2. The number of nitrogens with zero attached hydrogens (tertiary/aromatic N) is 3. The Kier molecular flexibility index (Phi) is 5.77. The van der Waals surface area contributed by atoms with Crippen LogP contribution in [0.4, 0.5) is 11.4 Å². The number of aromatic nitrogens is 1. The number of nitrogens with one attached hydrogen (secondary N) is 2. The maximum Gasteiger partial charge on any atom is 0.293 e. The van der Waals surface area contributed by atoms with E-state index in [-0.39, 0.29) is 29.3 Å². The number of benzene rings is 2. The quantitative estimate of drug-likeness (QED) is 0.467. The number of carbonyl (C=O) groups is 2. The summed E-state index contributed by atoms with van der Waals surface area (Å²) in [5.41, 5.74) is 1.40. The van der Waals surface area contributed by atoms with E-state index in [1.54, 1.807) is 17.0 Å². The molecule has 2 heterocycles. The lowest BCUT2D eigenvalue weighted by molar-refractivity contribution is -0.383. The molecule has 1 aromatic heterocycles. The van der Waals surface area contributed by atoms with E-state index in [1.165, 1.54) is 12.1 Å². The van der Waals surface area contributed by atoms with E-state index in [9.17, 15) is 19.7 Å². The molecular formula is C21H20ClN5O4. The van der Waals surface area contributed by atoms with Crippen LogP contribution in [-0.4, -0.2) is 59.3 Å². The number of halogens is 1. The smallest absolute Gasteiger partial charge is 0.293 e. The van der Waals surface area contributed by atoms with Crippen LogP contribution in [0.1, 0.15) is 10.5 Å². The Hall–Kier alpha value is -3.59. The lowest BCUT2D eigenvalue weighted by atomic mass is 10.2. The summed E-state index contributed by atoms with van der Waals surface area (Å²) in [6, 6.07) is 13.7. The first-order valence-electron chi connectivity index (χ1n) is 9.75. The van der Waals surface area contributed by atoms with Crippen molar-refractivity contribution in [3.05, 3.63) is 69.4 Å². The van der Waals surface area contributed by atoms with E-state index in [4.69, 9.17) is 11.6 Å². The van der Waals surface area contributed by atoms with Gasteiger partial charge in [0.05, 0.1) is 11.5 Å². The van der Waals surface area contributed by atoms with Gasteiger partial charge in [-0.05, 0) is 30.3 Å². The summed E-state index contributed by atoms with van der Waals surface area (Å²) in [7, 11) is 0. The molecular weight excluding hydrogens is 422 g/mol. The summed E-state index contributed by atoms with van der Waals surface area (Å²) < 4.78 is 0. The van der Waals surface area contributed by atoms with Crippen molar-refractivity contribution in [2.45, 2.75) is 0 Å². The molecule has 0 atom stereocenters. The zero-order valence-corrected chi connectivity index (χ0v) is 17.3. The van der Waals surface area contributed by atoms with Crippen molar-refractivity contribution in [2.24, 2.45) is 0 Å². The Morgan fingerprint density at radius 3 is 2.48 bits per heavy atom. The number of H-pyrrole nitrogens is 1. The van der Waals surface area contributed by atoms with Crippen molar-refractivity contribution in [3.8, 4) is 0 Å². The molecule has 9 nitrogen and oxygen atoms in total. The minimum atomic E-state index is -0.506. The first-order valence-corrected chi connectivity index (χ1v) is 10.1. The van der Waals surface area contributed by atoms with Crippen molar-refractivity contribution in [2.75, 3.05) is 37.6 Å². The van der Waals surface area contributed by atoms with E-state index in [1.807, 2.05) is 24.3 Å². The number of hydrogen-bond donors (Lipinski definition) is 2. The van der Waals surface area contributed by atoms with Crippen LogP contribution >= 0.6 is 11.6 Å². The highest BCUT2D eigenvalue weighted by Crippen LogP contribution is 2.25. The second kappa shape index (κ2) is 8.65. The summed E-state index contributed by atoms with van der Waals surface area (Å²) in [6.07, 6.45) is 0. The Morgan fingerprint density at radius 2 is 1.81 bits per heavy atom. The number of rotatable bonds is 5. The molecule has 2 aromatic carbocycles. The summed E-state index contributed by atoms with van der Waals surface area (Å²) in [4.78, 5) is 42.3. The fraction of sp³-hybridized carbons (Fsp3) is 0.238. The number of fused-ring (bicyclic) bond motifs is 1. The molecule has 0 radical (unpaired) electrons. The van der Waals surface area contributed by atoms with Gasteiger partial charge in [0.2, 0.25) is 5.91 Å². The lowest BCUT2D eigenvalue weighted by Gasteiger charge is -2.36. The highest BCUT2D eigenvalue weighted by atomic mass is 35.5. The third-order valence-corrected chi connectivity index (χ3v) is 5.55. The Bertz CT molecular complexity index is 1140. The van der Waals surface area contributed by atoms with E-state index in [0.29, 0.717) is 36.6 Å². The number of amides is 2. The SMILES string of the molecule is O=C(NCC(=O)N1CCN(c2ccc(Cl)cc2)CC1)c1cc2cccc([N+](=O)[O-])c2[nH]1. The number of non-ortho nitro benzene ring substituents is 1. The van der Waals surface area contributed by atoms with Gasteiger partial charge in [0, 0.05) is 48.3 Å².